The number of nitrogens with zero attached hydrogens (tertiary/aromatic N) is 11. The Bertz CT molecular complexity index is 3580. The summed E-state index contributed by atoms with van der Waals surface area (Å²) in [6.07, 6.45) is 32.9. The molecule has 0 radical (unpaired) electrons. The van der Waals surface area contributed by atoms with Crippen molar-refractivity contribution in [3.05, 3.63) is 307 Å². The van der Waals surface area contributed by atoms with Crippen molar-refractivity contribution in [2.45, 2.75) is 276 Å². The van der Waals surface area contributed by atoms with E-state index in [0.717, 1.165) is 103 Å². The van der Waals surface area contributed by atoms with E-state index in [1.54, 1.807) is 84.2 Å². The van der Waals surface area contributed by atoms with Gasteiger partial charge in [0.05, 0.1) is 11.4 Å². The summed E-state index contributed by atoms with van der Waals surface area (Å²) in [4.78, 5) is 58.1. The highest BCUT2D eigenvalue weighted by Crippen LogP contribution is 2.23. The molecule has 1 atom stereocenters. The van der Waals surface area contributed by atoms with Gasteiger partial charge in [0.15, 0.2) is 0 Å². The van der Waals surface area contributed by atoms with E-state index in [0.29, 0.717) is 41.4 Å². The van der Waals surface area contributed by atoms with Crippen LogP contribution in [0, 0.1) is 59.2 Å². The molecule has 8 heterocycles. The molecule has 0 bridgehead atoms. The smallest absolute Gasteiger partial charge is 0.253 e. The molecule has 0 saturated carbocycles. The number of hydrogen-bond donors (Lipinski definition) is 0. The average Bonchev–Trinajstić information content (AvgIpc) is 0.879. The summed E-state index contributed by atoms with van der Waals surface area (Å²) >= 11 is 0. The lowest BCUT2D eigenvalue weighted by atomic mass is 9.91. The molecule has 0 spiro atoms. The first kappa shape index (κ1) is 125. The van der Waals surface area contributed by atoms with Gasteiger partial charge in [-0.15, -0.1) is 0 Å². The molecule has 14 nitrogen and oxygen atoms in total. The second kappa shape index (κ2) is 74.6. The van der Waals surface area contributed by atoms with E-state index < -0.39 is 0 Å². The lowest BCUT2D eigenvalue weighted by molar-refractivity contribution is 0.535. The second-order valence-electron chi connectivity index (χ2n) is 31.5. The molecule has 10 aromatic rings. The van der Waals surface area contributed by atoms with Crippen LogP contribution >= 0.6 is 0 Å². The molecule has 0 saturated heterocycles. The quantitative estimate of drug-likeness (QED) is 0.0712. The summed E-state index contributed by atoms with van der Waals surface area (Å²) < 4.78 is 4.83. The van der Waals surface area contributed by atoms with Crippen LogP contribution in [0.25, 0.3) is 0 Å². The van der Waals surface area contributed by atoms with Gasteiger partial charge in [0.25, 0.3) is 11.1 Å². The van der Waals surface area contributed by atoms with E-state index in [9.17, 15) is 14.4 Å². The fraction of sp³-hybridized carbons (Fsp3) is 0.520. The zero-order chi connectivity index (χ0) is 80.1. The van der Waals surface area contributed by atoms with Gasteiger partial charge in [-0.2, -0.15) is 10.2 Å². The number of benzene rings is 2. The normalized spacial score (nSPS) is 9.91. The maximum Gasteiger partial charge on any atom is 0.253 e. The maximum atomic E-state index is 11.5. The highest BCUT2D eigenvalue weighted by atomic mass is 16.1. The van der Waals surface area contributed by atoms with Crippen LogP contribution in [0.15, 0.2) is 234 Å². The van der Waals surface area contributed by atoms with Crippen LogP contribution in [-0.4, -0.2) is 53.8 Å². The van der Waals surface area contributed by atoms with Crippen LogP contribution in [-0.2, 0) is 78.9 Å². The highest BCUT2D eigenvalue weighted by Gasteiger charge is 2.09. The van der Waals surface area contributed by atoms with Crippen LogP contribution in [0.2, 0.25) is 0 Å². The van der Waals surface area contributed by atoms with Gasteiger partial charge >= 0.3 is 0 Å². The third-order valence-electron chi connectivity index (χ3n) is 15.7. The topological polar surface area (TPSA) is 169 Å². The third-order valence-corrected chi connectivity index (χ3v) is 15.7. The Morgan fingerprint density at radius 1 is 0.302 bits per heavy atom. The molecule has 0 fully saturated rings. The number of aryl methyl sites for hydroxylation is 3. The summed E-state index contributed by atoms with van der Waals surface area (Å²) in [5.41, 5.74) is 11.3. The van der Waals surface area contributed by atoms with Gasteiger partial charge in [0.2, 0.25) is 5.56 Å². The monoisotopic (exact) mass is 1600 g/mol. The average molecular weight is 1600 g/mol. The minimum Gasteiger partial charge on any atom is -0.319 e. The minimum absolute atomic E-state index is 0. The van der Waals surface area contributed by atoms with Crippen molar-refractivity contribution in [1.82, 2.24) is 53.8 Å². The molecule has 1 unspecified atom stereocenters. The fourth-order valence-electron chi connectivity index (χ4n) is 10.4. The molecule has 0 aliphatic rings. The number of aromatic nitrogens is 11. The van der Waals surface area contributed by atoms with Gasteiger partial charge in [-0.25, -0.2) is 9.97 Å². The molecule has 116 heavy (non-hydrogen) atoms. The highest BCUT2D eigenvalue weighted by molar-refractivity contribution is 5.20. The molecule has 0 amide bonds. The van der Waals surface area contributed by atoms with Crippen LogP contribution in [0.1, 0.15) is 274 Å². The first-order chi connectivity index (χ1) is 50.7. The van der Waals surface area contributed by atoms with E-state index in [-0.39, 0.29) is 83.5 Å². The fourth-order valence-corrected chi connectivity index (χ4v) is 10.4. The SMILES string of the molecule is C.C.C.C.C.C.C.C.C.CC(C)C(C)c1ccccc1.CC(C)Cc1ccc(=O)n(C)c1.CC(C)Cc1ccccc1.CC(C)Cc1cccn(C)c1=O.CC(C)Cc1cccnc1.CC(C)Cc1cccnc1.CC(C)Cc1cccnn1.CC(C)Cc1ccn(C)c(=O)c1.CC(C)Cc1cnccn1.CC(C)Cc1ncccn1. The van der Waals surface area contributed by atoms with E-state index in [2.05, 4.69) is 258 Å². The Morgan fingerprint density at radius 3 is 1.15 bits per heavy atom. The van der Waals surface area contributed by atoms with Gasteiger partial charge < -0.3 is 13.7 Å². The molecule has 2 aromatic carbocycles. The van der Waals surface area contributed by atoms with Crippen molar-refractivity contribution in [2.24, 2.45) is 80.3 Å². The predicted octanol–water partition coefficient (Wildman–Crippen LogP) is 26.4. The standard InChI is InChI=1S/C11H16.3C10H15NO.C10H14.2C9H13N.3C8H12N2.9CH4/c1-9(2)10(3)11-7-5-4-6-8-11;1-8(2)6-9-4-5-11(3)10(12)7-9;1-8(2)6-9-4-5-10(12)11(3)7-9;1-8(2)7-9-5-4-6-11(3)10(9)12;1-9(2)8-10-6-4-3-5-7-10;2*1-8(2)6-9-4-3-5-10-7-9;1-7(2)5-8-6-9-3-4-10-8;1-7(2)6-8-9-4-3-5-10-8;1-7(2)6-8-4-3-5-9-10-8;;;;;;;;;/h4-10H,1-3H3;2*4-5,7-8H,6H2,1-3H3;4-6,8H,7H2,1-3H3;3-7,9H,8H2,1-2H3;2*3-5,7-8H,6H2,1-2H3;3-4,6-7H,5H2,1-2H3;2*3-5,7H,6H2,1-2H3;9*1H4. The number of pyridine rings is 5. The molecule has 14 heteroatoms. The summed E-state index contributed by atoms with van der Waals surface area (Å²) in [7, 11) is 5.33. The Labute approximate surface area is 713 Å². The van der Waals surface area contributed by atoms with E-state index >= 15 is 0 Å². The van der Waals surface area contributed by atoms with Crippen LogP contribution < -0.4 is 16.7 Å². The van der Waals surface area contributed by atoms with Crippen molar-refractivity contribution < 1.29 is 0 Å². The van der Waals surface area contributed by atoms with Crippen molar-refractivity contribution in [2.75, 3.05) is 0 Å². The van der Waals surface area contributed by atoms with Crippen molar-refractivity contribution in [1.29, 1.82) is 0 Å². The number of hydrogen-bond acceptors (Lipinski definition) is 11. The molecule has 654 valence electrons. The van der Waals surface area contributed by atoms with Crippen molar-refractivity contribution in [3.8, 4) is 0 Å². The Balaban J connectivity index is -0.000000155. The van der Waals surface area contributed by atoms with Crippen LogP contribution in [0.5, 0.6) is 0 Å². The lowest BCUT2D eigenvalue weighted by Gasteiger charge is -2.15. The Hall–Kier alpha value is -9.17. The molecule has 0 aliphatic heterocycles. The maximum absolute atomic E-state index is 11.5. The van der Waals surface area contributed by atoms with Crippen LogP contribution in [0.3, 0.4) is 0 Å². The summed E-state index contributed by atoms with van der Waals surface area (Å²) in [5.74, 6) is 8.33. The zero-order valence-electron chi connectivity index (χ0n) is 70.1. The first-order valence-corrected chi connectivity index (χ1v) is 38.8. The largest absolute Gasteiger partial charge is 0.319 e. The lowest BCUT2D eigenvalue weighted by Crippen LogP contribution is -2.20. The molecular weight excluding hydrogens is 1430 g/mol. The molecule has 0 N–H and O–H groups in total. The molecule has 10 rings (SSSR count). The molecule has 8 aromatic heterocycles. The third kappa shape index (κ3) is 66.0. The number of rotatable bonds is 20. The van der Waals surface area contributed by atoms with Gasteiger partial charge in [0, 0.05) is 126 Å². The van der Waals surface area contributed by atoms with Gasteiger partial charge in [-0.05, 0) is 192 Å². The second-order valence-corrected chi connectivity index (χ2v) is 31.5. The molecule has 0 aliphatic carbocycles. The molecular formula is C102H173N11O3. The van der Waals surface area contributed by atoms with Crippen molar-refractivity contribution in [3.63, 3.8) is 0 Å². The Morgan fingerprint density at radius 2 is 0.733 bits per heavy atom. The van der Waals surface area contributed by atoms with E-state index in [1.807, 2.05) is 98.0 Å². The predicted molar refractivity (Wildman–Crippen MR) is 513 cm³/mol. The Kier molecular flexibility index (Phi) is 80.4. The first-order valence-electron chi connectivity index (χ1n) is 38.8. The van der Waals surface area contributed by atoms with Gasteiger partial charge in [0.1, 0.15) is 5.82 Å². The van der Waals surface area contributed by atoms with Gasteiger partial charge in [-0.3, -0.25) is 34.3 Å². The van der Waals surface area contributed by atoms with E-state index in [4.69, 9.17) is 0 Å². The van der Waals surface area contributed by atoms with E-state index in [1.165, 1.54) is 34.2 Å². The van der Waals surface area contributed by atoms with Crippen LogP contribution in [0.4, 0.5) is 0 Å². The van der Waals surface area contributed by atoms with Crippen molar-refractivity contribution >= 4 is 0 Å². The minimum atomic E-state index is 0. The summed E-state index contributed by atoms with van der Waals surface area (Å²) in [5, 5.41) is 7.76. The zero-order valence-corrected chi connectivity index (χ0v) is 70.1. The summed E-state index contributed by atoms with van der Waals surface area (Å²) in [6, 6.07) is 46.3. The van der Waals surface area contributed by atoms with Gasteiger partial charge in [-0.1, -0.05) is 297 Å². The summed E-state index contributed by atoms with van der Waals surface area (Å²) in [6.45, 7) is 46.1.